The van der Waals surface area contributed by atoms with E-state index in [1.54, 1.807) is 25.2 Å². The number of esters is 1. The molecule has 0 rings (SSSR count). The maximum Gasteiger partial charge on any atom is 0.311 e. The van der Waals surface area contributed by atoms with Gasteiger partial charge in [0.2, 0.25) is 0 Å². The molecule has 74 valence electrons. The van der Waals surface area contributed by atoms with Gasteiger partial charge >= 0.3 is 5.97 Å². The van der Waals surface area contributed by atoms with Crippen molar-refractivity contribution < 1.29 is 14.6 Å². The number of rotatable bonds is 4. The molecule has 1 N–H and O–H groups in total. The minimum Gasteiger partial charge on any atom is -0.469 e. The van der Waals surface area contributed by atoms with Crippen LogP contribution in [0.2, 0.25) is 0 Å². The van der Waals surface area contributed by atoms with E-state index in [1.807, 2.05) is 13.0 Å². The van der Waals surface area contributed by atoms with Crippen LogP contribution in [-0.2, 0) is 9.53 Å². The Hall–Kier alpha value is -1.09. The minimum absolute atomic E-state index is 0.405. The fraction of sp³-hybridized carbons (Fsp3) is 0.500. The van der Waals surface area contributed by atoms with Crippen molar-refractivity contribution in [2.75, 3.05) is 7.11 Å². The van der Waals surface area contributed by atoms with Gasteiger partial charge < -0.3 is 9.84 Å². The van der Waals surface area contributed by atoms with Gasteiger partial charge in [-0.05, 0) is 13.8 Å². The van der Waals surface area contributed by atoms with E-state index in [4.69, 9.17) is 0 Å². The van der Waals surface area contributed by atoms with E-state index in [-0.39, 0.29) is 0 Å². The molecule has 0 aromatic heterocycles. The average Bonchev–Trinajstić information content (AvgIpc) is 2.15. The molecule has 3 heteroatoms. The van der Waals surface area contributed by atoms with Crippen LogP contribution in [0.5, 0.6) is 0 Å². The largest absolute Gasteiger partial charge is 0.469 e. The van der Waals surface area contributed by atoms with Crippen LogP contribution in [0.4, 0.5) is 0 Å². The van der Waals surface area contributed by atoms with E-state index in [2.05, 4.69) is 4.74 Å². The Labute approximate surface area is 78.7 Å². The summed E-state index contributed by atoms with van der Waals surface area (Å²) in [6.07, 6.45) is 6.09. The average molecular weight is 184 g/mol. The van der Waals surface area contributed by atoms with Crippen molar-refractivity contribution in [2.45, 2.75) is 20.0 Å². The summed E-state index contributed by atoms with van der Waals surface area (Å²) >= 11 is 0. The van der Waals surface area contributed by atoms with Crippen molar-refractivity contribution in [1.29, 1.82) is 0 Å². The van der Waals surface area contributed by atoms with Crippen molar-refractivity contribution in [1.82, 2.24) is 0 Å². The quantitative estimate of drug-likeness (QED) is 0.529. The van der Waals surface area contributed by atoms with E-state index < -0.39 is 18.0 Å². The number of methoxy groups -OCH3 is 1. The first-order chi connectivity index (χ1) is 6.13. The molecule has 13 heavy (non-hydrogen) atoms. The van der Waals surface area contributed by atoms with Gasteiger partial charge in [0.05, 0.1) is 19.1 Å². The second-order valence-corrected chi connectivity index (χ2v) is 2.71. The van der Waals surface area contributed by atoms with Crippen LogP contribution >= 0.6 is 0 Å². The van der Waals surface area contributed by atoms with Crippen molar-refractivity contribution in [3.63, 3.8) is 0 Å². The molecule has 2 unspecified atom stereocenters. The van der Waals surface area contributed by atoms with E-state index in [1.165, 1.54) is 7.11 Å². The predicted molar refractivity (Wildman–Crippen MR) is 51.1 cm³/mol. The highest BCUT2D eigenvalue weighted by Gasteiger charge is 2.19. The first kappa shape index (κ1) is 11.9. The van der Waals surface area contributed by atoms with E-state index in [0.29, 0.717) is 0 Å². The third-order valence-corrected chi connectivity index (χ3v) is 1.70. The molecular weight excluding hydrogens is 168 g/mol. The zero-order valence-electron chi connectivity index (χ0n) is 8.23. The van der Waals surface area contributed by atoms with Gasteiger partial charge in [0.15, 0.2) is 0 Å². The molecule has 0 aliphatic heterocycles. The normalized spacial score (nSPS) is 16.3. The molecule has 0 aromatic carbocycles. The lowest BCUT2D eigenvalue weighted by Crippen LogP contribution is -2.24. The lowest BCUT2D eigenvalue weighted by atomic mass is 10.1. The molecule has 0 spiro atoms. The smallest absolute Gasteiger partial charge is 0.311 e. The number of carbonyl (C=O) groups is 1. The molecule has 0 radical (unpaired) electrons. The summed E-state index contributed by atoms with van der Waals surface area (Å²) < 4.78 is 4.49. The van der Waals surface area contributed by atoms with Gasteiger partial charge in [-0.2, -0.15) is 0 Å². The van der Waals surface area contributed by atoms with E-state index in [0.717, 1.165) is 0 Å². The Bertz CT molecular complexity index is 206. The van der Waals surface area contributed by atoms with Gasteiger partial charge in [-0.1, -0.05) is 24.3 Å². The maximum atomic E-state index is 11.0. The van der Waals surface area contributed by atoms with Crippen molar-refractivity contribution in [2.24, 2.45) is 5.92 Å². The molecule has 0 saturated carbocycles. The lowest BCUT2D eigenvalue weighted by molar-refractivity contribution is -0.147. The first-order valence-corrected chi connectivity index (χ1v) is 4.18. The highest BCUT2D eigenvalue weighted by molar-refractivity contribution is 5.72. The Morgan fingerprint density at radius 2 is 2.08 bits per heavy atom. The third-order valence-electron chi connectivity index (χ3n) is 1.70. The summed E-state index contributed by atoms with van der Waals surface area (Å²) in [7, 11) is 1.31. The second-order valence-electron chi connectivity index (χ2n) is 2.71. The Balaban J connectivity index is 4.09. The standard InChI is InChI=1S/C10H16O3/c1-4-5-6-7-9(11)8(2)10(12)13-3/h4-9,11H,1-3H3/b5-4+,7-6+. The molecule has 0 aromatic rings. The van der Waals surface area contributed by atoms with Gasteiger partial charge in [-0.25, -0.2) is 0 Å². The minimum atomic E-state index is -0.788. The SMILES string of the molecule is C/C=C/C=C/C(O)C(C)C(=O)OC. The number of aliphatic hydroxyl groups is 1. The van der Waals surface area contributed by atoms with Crippen LogP contribution in [0.1, 0.15) is 13.8 Å². The Morgan fingerprint density at radius 1 is 1.46 bits per heavy atom. The summed E-state index contributed by atoms with van der Waals surface area (Å²) in [5.74, 6) is -0.927. The lowest BCUT2D eigenvalue weighted by Gasteiger charge is -2.12. The van der Waals surface area contributed by atoms with Gasteiger partial charge in [0, 0.05) is 0 Å². The topological polar surface area (TPSA) is 46.5 Å². The zero-order valence-corrected chi connectivity index (χ0v) is 8.23. The molecule has 0 bridgehead atoms. The monoisotopic (exact) mass is 184 g/mol. The van der Waals surface area contributed by atoms with Crippen LogP contribution in [0, 0.1) is 5.92 Å². The highest BCUT2D eigenvalue weighted by Crippen LogP contribution is 2.06. The number of aliphatic hydroxyl groups excluding tert-OH is 1. The fourth-order valence-electron chi connectivity index (χ4n) is 0.781. The predicted octanol–water partition coefficient (Wildman–Crippen LogP) is 1.29. The molecule has 2 atom stereocenters. The number of hydrogen-bond acceptors (Lipinski definition) is 3. The summed E-state index contributed by atoms with van der Waals surface area (Å²) in [5.41, 5.74) is 0. The maximum absolute atomic E-state index is 11.0. The van der Waals surface area contributed by atoms with Gasteiger partial charge in [-0.15, -0.1) is 0 Å². The van der Waals surface area contributed by atoms with Gasteiger partial charge in [0.1, 0.15) is 0 Å². The van der Waals surface area contributed by atoms with E-state index in [9.17, 15) is 9.90 Å². The number of carbonyl (C=O) groups excluding carboxylic acids is 1. The van der Waals surface area contributed by atoms with Crippen LogP contribution in [0.25, 0.3) is 0 Å². The van der Waals surface area contributed by atoms with Gasteiger partial charge in [0.25, 0.3) is 0 Å². The molecule has 0 amide bonds. The third kappa shape index (κ3) is 4.48. The van der Waals surface area contributed by atoms with Crippen molar-refractivity contribution >= 4 is 5.97 Å². The molecule has 0 heterocycles. The molecule has 0 saturated heterocycles. The first-order valence-electron chi connectivity index (χ1n) is 4.18. The molecule has 0 aliphatic rings. The zero-order chi connectivity index (χ0) is 10.3. The number of ether oxygens (including phenoxy) is 1. The molecular formula is C10H16O3. The van der Waals surface area contributed by atoms with Crippen LogP contribution < -0.4 is 0 Å². The summed E-state index contributed by atoms with van der Waals surface area (Å²) in [6.45, 7) is 3.50. The summed E-state index contributed by atoms with van der Waals surface area (Å²) in [5, 5.41) is 9.42. The highest BCUT2D eigenvalue weighted by atomic mass is 16.5. The van der Waals surface area contributed by atoms with Crippen LogP contribution in [0.15, 0.2) is 24.3 Å². The second kappa shape index (κ2) is 6.43. The Kier molecular flexibility index (Phi) is 5.89. The van der Waals surface area contributed by atoms with Crippen molar-refractivity contribution in [3.8, 4) is 0 Å². The summed E-state index contributed by atoms with van der Waals surface area (Å²) in [6, 6.07) is 0. The summed E-state index contributed by atoms with van der Waals surface area (Å²) in [4.78, 5) is 11.0. The molecule has 0 aliphatic carbocycles. The Morgan fingerprint density at radius 3 is 2.54 bits per heavy atom. The number of allylic oxidation sites excluding steroid dienone is 3. The van der Waals surface area contributed by atoms with Crippen LogP contribution in [-0.4, -0.2) is 24.3 Å². The number of hydrogen-bond donors (Lipinski definition) is 1. The molecule has 0 fully saturated rings. The van der Waals surface area contributed by atoms with E-state index >= 15 is 0 Å². The van der Waals surface area contributed by atoms with Gasteiger partial charge in [-0.3, -0.25) is 4.79 Å². The van der Waals surface area contributed by atoms with Crippen molar-refractivity contribution in [3.05, 3.63) is 24.3 Å². The van der Waals surface area contributed by atoms with Crippen LogP contribution in [0.3, 0.4) is 0 Å². The molecule has 3 nitrogen and oxygen atoms in total. The fourth-order valence-corrected chi connectivity index (χ4v) is 0.781.